The lowest BCUT2D eigenvalue weighted by Crippen LogP contribution is -2.49. The first-order valence-corrected chi connectivity index (χ1v) is 9.09. The van der Waals surface area contributed by atoms with Gasteiger partial charge in [-0.2, -0.15) is 0 Å². The highest BCUT2D eigenvalue weighted by atomic mass is 32.2. The summed E-state index contributed by atoms with van der Waals surface area (Å²) in [4.78, 5) is 26.4. The fraction of sp³-hybridized carbons (Fsp3) is 0.389. The number of carbonyl (C=O) groups is 1. The van der Waals surface area contributed by atoms with Gasteiger partial charge in [0.2, 0.25) is 5.95 Å². The summed E-state index contributed by atoms with van der Waals surface area (Å²) < 4.78 is 0. The Hall–Kier alpha value is -2.08. The molecule has 0 unspecified atom stereocenters. The maximum atomic E-state index is 12.6. The standard InChI is InChI=1S/C18H22N4OS/c1-14(2)24-16-6-4-15(5-7-16)17(23)21-10-12-22(13-11-21)18-19-8-3-9-20-18/h3-9,14H,10-13H2,1-2H3. The Kier molecular flexibility index (Phi) is 5.35. The number of piperazine rings is 1. The molecule has 0 spiro atoms. The van der Waals surface area contributed by atoms with Crippen LogP contribution in [-0.4, -0.2) is 52.2 Å². The van der Waals surface area contributed by atoms with Crippen LogP contribution < -0.4 is 4.90 Å². The van der Waals surface area contributed by atoms with E-state index < -0.39 is 0 Å². The van der Waals surface area contributed by atoms with E-state index in [1.165, 1.54) is 4.90 Å². The molecule has 0 bridgehead atoms. The number of amides is 1. The number of hydrogen-bond donors (Lipinski definition) is 0. The maximum Gasteiger partial charge on any atom is 0.253 e. The summed E-state index contributed by atoms with van der Waals surface area (Å²) in [6.07, 6.45) is 3.49. The molecule has 1 aromatic heterocycles. The summed E-state index contributed by atoms with van der Waals surface area (Å²) in [6, 6.07) is 9.74. The van der Waals surface area contributed by atoms with Crippen LogP contribution in [-0.2, 0) is 0 Å². The van der Waals surface area contributed by atoms with Crippen LogP contribution in [0.2, 0.25) is 0 Å². The molecular weight excluding hydrogens is 320 g/mol. The summed E-state index contributed by atoms with van der Waals surface area (Å²) in [5, 5.41) is 0.542. The lowest BCUT2D eigenvalue weighted by atomic mass is 10.2. The van der Waals surface area contributed by atoms with E-state index in [0.29, 0.717) is 18.3 Å². The van der Waals surface area contributed by atoms with Gasteiger partial charge < -0.3 is 9.80 Å². The van der Waals surface area contributed by atoms with Gasteiger partial charge in [-0.25, -0.2) is 9.97 Å². The molecule has 0 aliphatic carbocycles. The van der Waals surface area contributed by atoms with Crippen molar-refractivity contribution in [2.45, 2.75) is 24.0 Å². The van der Waals surface area contributed by atoms with Crippen molar-refractivity contribution in [3.05, 3.63) is 48.3 Å². The highest BCUT2D eigenvalue weighted by molar-refractivity contribution is 7.99. The minimum Gasteiger partial charge on any atom is -0.337 e. The molecule has 3 rings (SSSR count). The van der Waals surface area contributed by atoms with Crippen molar-refractivity contribution in [2.75, 3.05) is 31.1 Å². The van der Waals surface area contributed by atoms with Crippen molar-refractivity contribution in [3.8, 4) is 0 Å². The summed E-state index contributed by atoms with van der Waals surface area (Å²) in [5.74, 6) is 0.837. The van der Waals surface area contributed by atoms with Crippen molar-refractivity contribution < 1.29 is 4.79 Å². The number of thioether (sulfide) groups is 1. The lowest BCUT2D eigenvalue weighted by molar-refractivity contribution is 0.0746. The smallest absolute Gasteiger partial charge is 0.253 e. The van der Waals surface area contributed by atoms with Gasteiger partial charge in [-0.05, 0) is 30.3 Å². The Morgan fingerprint density at radius 1 is 1.04 bits per heavy atom. The zero-order chi connectivity index (χ0) is 16.9. The molecule has 6 heteroatoms. The van der Waals surface area contributed by atoms with E-state index in [0.717, 1.165) is 24.6 Å². The lowest BCUT2D eigenvalue weighted by Gasteiger charge is -2.34. The fourth-order valence-corrected chi connectivity index (χ4v) is 3.53. The third kappa shape index (κ3) is 4.06. The fourth-order valence-electron chi connectivity index (χ4n) is 2.69. The largest absolute Gasteiger partial charge is 0.337 e. The van der Waals surface area contributed by atoms with E-state index >= 15 is 0 Å². The zero-order valence-electron chi connectivity index (χ0n) is 14.1. The van der Waals surface area contributed by atoms with Gasteiger partial charge in [0.1, 0.15) is 0 Å². The molecule has 0 saturated carbocycles. The van der Waals surface area contributed by atoms with Gasteiger partial charge in [-0.3, -0.25) is 4.79 Å². The Balaban J connectivity index is 1.59. The predicted molar refractivity (Wildman–Crippen MR) is 97.6 cm³/mol. The third-order valence-electron chi connectivity index (χ3n) is 3.87. The average Bonchev–Trinajstić information content (AvgIpc) is 2.62. The quantitative estimate of drug-likeness (QED) is 0.800. The van der Waals surface area contributed by atoms with Gasteiger partial charge in [0, 0.05) is 54.3 Å². The molecule has 126 valence electrons. The SMILES string of the molecule is CC(C)Sc1ccc(C(=O)N2CCN(c3ncccn3)CC2)cc1. The number of aromatic nitrogens is 2. The summed E-state index contributed by atoms with van der Waals surface area (Å²) in [6.45, 7) is 7.24. The first-order valence-electron chi connectivity index (χ1n) is 8.21. The van der Waals surface area contributed by atoms with Crippen molar-refractivity contribution in [1.29, 1.82) is 0 Å². The molecule has 2 aromatic rings. The molecule has 1 amide bonds. The molecule has 1 fully saturated rings. The summed E-state index contributed by atoms with van der Waals surface area (Å²) in [7, 11) is 0. The molecule has 5 nitrogen and oxygen atoms in total. The zero-order valence-corrected chi connectivity index (χ0v) is 14.9. The van der Waals surface area contributed by atoms with Crippen LogP contribution in [0.4, 0.5) is 5.95 Å². The average molecular weight is 342 g/mol. The molecule has 1 aliphatic heterocycles. The number of anilines is 1. The Bertz CT molecular complexity index is 667. The van der Waals surface area contributed by atoms with Gasteiger partial charge in [0.25, 0.3) is 5.91 Å². The van der Waals surface area contributed by atoms with Crippen molar-refractivity contribution in [2.24, 2.45) is 0 Å². The van der Waals surface area contributed by atoms with Gasteiger partial charge >= 0.3 is 0 Å². The first-order chi connectivity index (χ1) is 11.6. The van der Waals surface area contributed by atoms with E-state index in [4.69, 9.17) is 0 Å². The molecule has 0 atom stereocenters. The Morgan fingerprint density at radius 3 is 2.25 bits per heavy atom. The van der Waals surface area contributed by atoms with Crippen LogP contribution in [0.5, 0.6) is 0 Å². The highest BCUT2D eigenvalue weighted by Crippen LogP contribution is 2.23. The summed E-state index contributed by atoms with van der Waals surface area (Å²) in [5.41, 5.74) is 0.757. The van der Waals surface area contributed by atoms with Crippen molar-refractivity contribution in [3.63, 3.8) is 0 Å². The van der Waals surface area contributed by atoms with Crippen LogP contribution in [0.1, 0.15) is 24.2 Å². The Labute approximate surface area is 147 Å². The normalized spacial score (nSPS) is 15.0. The van der Waals surface area contributed by atoms with E-state index in [1.54, 1.807) is 24.2 Å². The topological polar surface area (TPSA) is 49.3 Å². The number of benzene rings is 1. The number of carbonyl (C=O) groups excluding carboxylic acids is 1. The third-order valence-corrected chi connectivity index (χ3v) is 4.89. The molecule has 24 heavy (non-hydrogen) atoms. The van der Waals surface area contributed by atoms with E-state index in [1.807, 2.05) is 35.2 Å². The van der Waals surface area contributed by atoms with Crippen LogP contribution in [0.3, 0.4) is 0 Å². The number of hydrogen-bond acceptors (Lipinski definition) is 5. The minimum atomic E-state index is 0.102. The van der Waals surface area contributed by atoms with E-state index in [9.17, 15) is 4.79 Å². The molecule has 1 aromatic carbocycles. The van der Waals surface area contributed by atoms with Gasteiger partial charge in [-0.1, -0.05) is 13.8 Å². The molecule has 0 radical (unpaired) electrons. The van der Waals surface area contributed by atoms with E-state index in [-0.39, 0.29) is 5.91 Å². The van der Waals surface area contributed by atoms with Crippen LogP contribution in [0.25, 0.3) is 0 Å². The van der Waals surface area contributed by atoms with Crippen LogP contribution >= 0.6 is 11.8 Å². The van der Waals surface area contributed by atoms with E-state index in [2.05, 4.69) is 28.7 Å². The molecule has 1 saturated heterocycles. The number of nitrogens with zero attached hydrogens (tertiary/aromatic N) is 4. The monoisotopic (exact) mass is 342 g/mol. The molecule has 2 heterocycles. The predicted octanol–water partition coefficient (Wildman–Crippen LogP) is 2.94. The van der Waals surface area contributed by atoms with Crippen LogP contribution in [0, 0.1) is 0 Å². The van der Waals surface area contributed by atoms with Gasteiger partial charge in [-0.15, -0.1) is 11.8 Å². The van der Waals surface area contributed by atoms with Crippen molar-refractivity contribution in [1.82, 2.24) is 14.9 Å². The second-order valence-electron chi connectivity index (χ2n) is 6.02. The van der Waals surface area contributed by atoms with Gasteiger partial charge in [0.15, 0.2) is 0 Å². The first kappa shape index (κ1) is 16.8. The molecule has 1 aliphatic rings. The second kappa shape index (κ2) is 7.66. The van der Waals surface area contributed by atoms with Gasteiger partial charge in [0.05, 0.1) is 0 Å². The molecular formula is C18H22N4OS. The second-order valence-corrected chi connectivity index (χ2v) is 7.67. The van der Waals surface area contributed by atoms with Crippen molar-refractivity contribution >= 4 is 23.6 Å². The van der Waals surface area contributed by atoms with Crippen LogP contribution in [0.15, 0.2) is 47.6 Å². The summed E-state index contributed by atoms with van der Waals surface area (Å²) >= 11 is 1.81. The maximum absolute atomic E-state index is 12.6. The molecule has 0 N–H and O–H groups in total. The Morgan fingerprint density at radius 2 is 1.67 bits per heavy atom. The highest BCUT2D eigenvalue weighted by Gasteiger charge is 2.23. The number of rotatable bonds is 4. The minimum absolute atomic E-state index is 0.102.